The molecule has 108 valence electrons. The lowest BCUT2D eigenvalue weighted by Gasteiger charge is -2.32. The number of halogens is 1. The van der Waals surface area contributed by atoms with Gasteiger partial charge in [-0.15, -0.1) is 0 Å². The Kier molecular flexibility index (Phi) is 3.97. The number of carbonyl (C=O) groups is 1. The molecule has 0 spiro atoms. The van der Waals surface area contributed by atoms with Crippen molar-refractivity contribution in [3.05, 3.63) is 22.3 Å². The minimum Gasteiger partial charge on any atom is -0.465 e. The molecule has 0 amide bonds. The third kappa shape index (κ3) is 2.62. The van der Waals surface area contributed by atoms with Crippen LogP contribution >= 0.6 is 15.9 Å². The van der Waals surface area contributed by atoms with E-state index in [4.69, 9.17) is 9.31 Å². The lowest BCUT2D eigenvalue weighted by Crippen LogP contribution is -2.41. The number of pyridine rings is 1. The summed E-state index contributed by atoms with van der Waals surface area (Å²) in [4.78, 5) is 15.8. The molecule has 5 nitrogen and oxygen atoms in total. The first kappa shape index (κ1) is 15.5. The van der Waals surface area contributed by atoms with Crippen LogP contribution in [0.2, 0.25) is 0 Å². The molecule has 0 unspecified atom stereocenters. The summed E-state index contributed by atoms with van der Waals surface area (Å²) in [6.45, 7) is 7.91. The van der Waals surface area contributed by atoms with E-state index < -0.39 is 24.3 Å². The molecule has 1 fully saturated rings. The number of nitrogens with zero attached hydrogens (tertiary/aromatic N) is 1. The van der Waals surface area contributed by atoms with Crippen molar-refractivity contribution in [2.75, 3.05) is 7.11 Å². The third-order valence-corrected chi connectivity index (χ3v) is 4.43. The Labute approximate surface area is 127 Å². The molecule has 0 N–H and O–H groups in total. The van der Waals surface area contributed by atoms with Crippen molar-refractivity contribution >= 4 is 34.6 Å². The molecule has 2 rings (SSSR count). The molecule has 1 aliphatic rings. The van der Waals surface area contributed by atoms with E-state index in [0.29, 0.717) is 15.6 Å². The second-order valence-corrected chi connectivity index (χ2v) is 6.52. The zero-order chi connectivity index (χ0) is 15.1. The van der Waals surface area contributed by atoms with Gasteiger partial charge in [-0.25, -0.2) is 4.79 Å². The fraction of sp³-hybridized carbons (Fsp3) is 0.538. The van der Waals surface area contributed by atoms with Crippen LogP contribution in [0.1, 0.15) is 38.1 Å². The molecule has 0 saturated carbocycles. The first-order valence-electron chi connectivity index (χ1n) is 6.27. The molecule has 1 aliphatic heterocycles. The number of carbonyl (C=O) groups excluding carboxylic acids is 1. The first-order chi connectivity index (χ1) is 9.18. The largest absolute Gasteiger partial charge is 0.514 e. The number of aromatic nitrogens is 1. The Balaban J connectivity index is 2.28. The summed E-state index contributed by atoms with van der Waals surface area (Å²) in [7, 11) is 0.777. The highest BCUT2D eigenvalue weighted by Crippen LogP contribution is 2.36. The fourth-order valence-electron chi connectivity index (χ4n) is 1.80. The highest BCUT2D eigenvalue weighted by molar-refractivity contribution is 9.10. The maximum Gasteiger partial charge on any atom is 0.514 e. The van der Waals surface area contributed by atoms with Crippen molar-refractivity contribution in [1.82, 2.24) is 4.98 Å². The molecule has 2 heterocycles. The summed E-state index contributed by atoms with van der Waals surface area (Å²) < 4.78 is 17.1. The number of esters is 1. The number of hydrogen-bond acceptors (Lipinski definition) is 5. The smallest absolute Gasteiger partial charge is 0.465 e. The van der Waals surface area contributed by atoms with Gasteiger partial charge in [-0.2, -0.15) is 0 Å². The van der Waals surface area contributed by atoms with E-state index in [0.717, 1.165) is 0 Å². The van der Waals surface area contributed by atoms with Gasteiger partial charge in [0.25, 0.3) is 0 Å². The highest BCUT2D eigenvalue weighted by Gasteiger charge is 2.52. The van der Waals surface area contributed by atoms with E-state index in [1.807, 2.05) is 27.7 Å². The summed E-state index contributed by atoms with van der Waals surface area (Å²) in [6, 6.07) is 1.72. The zero-order valence-corrected chi connectivity index (χ0v) is 13.8. The Hall–Kier alpha value is -0.915. The van der Waals surface area contributed by atoms with Crippen molar-refractivity contribution in [1.29, 1.82) is 0 Å². The monoisotopic (exact) mass is 341 g/mol. The summed E-state index contributed by atoms with van der Waals surface area (Å²) in [5, 5.41) is 0. The standard InChI is InChI=1S/C13H17BBrNO4/c1-12(2)13(3,4)20-14(19-12)10-6-9(15)8(7-16-10)11(17)18-5/h6-7H,1-5H3. The van der Waals surface area contributed by atoms with Gasteiger partial charge in [0, 0.05) is 10.7 Å². The van der Waals surface area contributed by atoms with Crippen molar-refractivity contribution in [3.63, 3.8) is 0 Å². The molecule has 0 radical (unpaired) electrons. The summed E-state index contributed by atoms with van der Waals surface area (Å²) >= 11 is 3.34. The summed E-state index contributed by atoms with van der Waals surface area (Å²) in [5.74, 6) is -0.440. The lowest BCUT2D eigenvalue weighted by atomic mass is 9.84. The van der Waals surface area contributed by atoms with Crippen molar-refractivity contribution in [2.24, 2.45) is 0 Å². The molecular formula is C13H17BBrNO4. The van der Waals surface area contributed by atoms with Crippen LogP contribution < -0.4 is 5.59 Å². The Morgan fingerprint density at radius 3 is 2.30 bits per heavy atom. The second-order valence-electron chi connectivity index (χ2n) is 5.67. The second kappa shape index (κ2) is 5.13. The molecule has 0 aromatic carbocycles. The average Bonchev–Trinajstić information content (AvgIpc) is 2.57. The fourth-order valence-corrected chi connectivity index (χ4v) is 2.30. The van der Waals surface area contributed by atoms with Crippen LogP contribution in [0.15, 0.2) is 16.7 Å². The number of rotatable bonds is 2. The van der Waals surface area contributed by atoms with Gasteiger partial charge in [-0.05, 0) is 49.7 Å². The quantitative estimate of drug-likeness (QED) is 0.607. The third-order valence-electron chi connectivity index (χ3n) is 3.77. The lowest BCUT2D eigenvalue weighted by molar-refractivity contribution is 0.00578. The van der Waals surface area contributed by atoms with Gasteiger partial charge in [0.15, 0.2) is 0 Å². The molecule has 20 heavy (non-hydrogen) atoms. The molecule has 1 saturated heterocycles. The van der Waals surface area contributed by atoms with E-state index in [2.05, 4.69) is 25.7 Å². The van der Waals surface area contributed by atoms with E-state index in [-0.39, 0.29) is 0 Å². The van der Waals surface area contributed by atoms with Gasteiger partial charge in [0.2, 0.25) is 0 Å². The van der Waals surface area contributed by atoms with Crippen LogP contribution in [0.3, 0.4) is 0 Å². The van der Waals surface area contributed by atoms with Gasteiger partial charge < -0.3 is 14.0 Å². The van der Waals surface area contributed by atoms with E-state index in [1.165, 1.54) is 13.3 Å². The first-order valence-corrected chi connectivity index (χ1v) is 7.06. The number of methoxy groups -OCH3 is 1. The van der Waals surface area contributed by atoms with Gasteiger partial charge in [-0.3, -0.25) is 4.98 Å². The maximum absolute atomic E-state index is 11.5. The highest BCUT2D eigenvalue weighted by atomic mass is 79.9. The van der Waals surface area contributed by atoms with Gasteiger partial charge in [0.1, 0.15) is 0 Å². The Morgan fingerprint density at radius 2 is 1.85 bits per heavy atom. The Morgan fingerprint density at radius 1 is 1.30 bits per heavy atom. The number of ether oxygens (including phenoxy) is 1. The predicted molar refractivity (Wildman–Crippen MR) is 79.0 cm³/mol. The minimum absolute atomic E-state index is 0.368. The normalized spacial score (nSPS) is 20.0. The SMILES string of the molecule is COC(=O)c1cnc(B2OC(C)(C)C(C)(C)O2)cc1Br. The Bertz CT molecular complexity index is 531. The predicted octanol–water partition coefficient (Wildman–Crippen LogP) is 1.93. The van der Waals surface area contributed by atoms with Crippen molar-refractivity contribution < 1.29 is 18.8 Å². The molecule has 0 atom stereocenters. The van der Waals surface area contributed by atoms with Gasteiger partial charge in [0.05, 0.1) is 29.5 Å². The summed E-state index contributed by atoms with van der Waals surface area (Å²) in [6.07, 6.45) is 1.45. The van der Waals surface area contributed by atoms with E-state index in [1.54, 1.807) is 6.07 Å². The van der Waals surface area contributed by atoms with E-state index >= 15 is 0 Å². The molecule has 7 heteroatoms. The van der Waals surface area contributed by atoms with E-state index in [9.17, 15) is 4.79 Å². The van der Waals surface area contributed by atoms with Gasteiger partial charge >= 0.3 is 13.1 Å². The van der Waals surface area contributed by atoms with Crippen LogP contribution in [0, 0.1) is 0 Å². The van der Waals surface area contributed by atoms with Crippen LogP contribution in [-0.4, -0.2) is 36.4 Å². The van der Waals surface area contributed by atoms with Crippen molar-refractivity contribution in [2.45, 2.75) is 38.9 Å². The topological polar surface area (TPSA) is 57.7 Å². The van der Waals surface area contributed by atoms with Crippen LogP contribution in [0.5, 0.6) is 0 Å². The maximum atomic E-state index is 11.5. The summed E-state index contributed by atoms with van der Waals surface area (Å²) in [5.41, 5.74) is 0.135. The van der Waals surface area contributed by atoms with Crippen molar-refractivity contribution in [3.8, 4) is 0 Å². The van der Waals surface area contributed by atoms with Crippen LogP contribution in [0.4, 0.5) is 0 Å². The molecule has 1 aromatic rings. The molecule has 1 aromatic heterocycles. The molecule has 0 aliphatic carbocycles. The van der Waals surface area contributed by atoms with Crippen LogP contribution in [0.25, 0.3) is 0 Å². The average molecular weight is 342 g/mol. The molecular weight excluding hydrogens is 325 g/mol. The van der Waals surface area contributed by atoms with Gasteiger partial charge in [-0.1, -0.05) is 0 Å². The van der Waals surface area contributed by atoms with Crippen LogP contribution in [-0.2, 0) is 14.0 Å². The number of hydrogen-bond donors (Lipinski definition) is 0. The minimum atomic E-state index is -0.553. The molecule has 0 bridgehead atoms. The zero-order valence-electron chi connectivity index (χ0n) is 12.2.